The van der Waals surface area contributed by atoms with E-state index in [2.05, 4.69) is 0 Å². The molecule has 0 aliphatic rings. The van der Waals surface area contributed by atoms with Crippen LogP contribution in [-0.2, 0) is 6.42 Å². The molecule has 2 rings (SSSR count). The van der Waals surface area contributed by atoms with Crippen LogP contribution in [0.4, 0.5) is 5.69 Å². The van der Waals surface area contributed by atoms with Crippen molar-refractivity contribution in [3.8, 4) is 0 Å². The maximum absolute atomic E-state index is 12.1. The highest BCUT2D eigenvalue weighted by Gasteiger charge is 2.13. The molecular weight excluding hydrogens is 304 g/mol. The molecule has 2 aromatic carbocycles. The van der Waals surface area contributed by atoms with Gasteiger partial charge in [-0.2, -0.15) is 0 Å². The Morgan fingerprint density at radius 3 is 2.36 bits per heavy atom. The van der Waals surface area contributed by atoms with Crippen LogP contribution in [-0.4, -0.2) is 21.9 Å². The molecule has 0 saturated heterocycles. The van der Waals surface area contributed by atoms with Crippen LogP contribution in [0.1, 0.15) is 18.1 Å². The number of hydroxylamine groups is 1. The van der Waals surface area contributed by atoms with Crippen molar-refractivity contribution < 1.29 is 9.66 Å². The number of rotatable bonds is 5. The normalized spacial score (nSPS) is 12.9. The van der Waals surface area contributed by atoms with E-state index < -0.39 is 4.92 Å². The van der Waals surface area contributed by atoms with Gasteiger partial charge < -0.3 is 5.21 Å². The maximum atomic E-state index is 12.1. The highest BCUT2D eigenvalue weighted by Crippen LogP contribution is 2.17. The van der Waals surface area contributed by atoms with Crippen LogP contribution in [0.5, 0.6) is 0 Å². The van der Waals surface area contributed by atoms with E-state index in [0.717, 1.165) is 10.3 Å². The van der Waals surface area contributed by atoms with Gasteiger partial charge in [-0.05, 0) is 30.7 Å². The summed E-state index contributed by atoms with van der Waals surface area (Å²) >= 11 is 6.09. The van der Waals surface area contributed by atoms with Crippen molar-refractivity contribution in [1.82, 2.24) is 0 Å². The Bertz CT molecular complexity index is 699. The zero-order valence-corrected chi connectivity index (χ0v) is 12.7. The van der Waals surface area contributed by atoms with Crippen LogP contribution in [0.15, 0.2) is 48.5 Å². The highest BCUT2D eigenvalue weighted by atomic mass is 35.5. The third-order valence-electron chi connectivity index (χ3n) is 3.29. The van der Waals surface area contributed by atoms with E-state index in [9.17, 15) is 15.3 Å². The number of hydrogen-bond acceptors (Lipinski definition) is 3. The largest absolute Gasteiger partial charge is 0.624 e. The van der Waals surface area contributed by atoms with Crippen molar-refractivity contribution in [2.24, 2.45) is 0 Å². The molecule has 0 radical (unpaired) electrons. The molecule has 0 N–H and O–H groups in total. The van der Waals surface area contributed by atoms with Crippen LogP contribution in [0.3, 0.4) is 0 Å². The first kappa shape index (κ1) is 16.0. The first-order valence-corrected chi connectivity index (χ1v) is 7.13. The molecule has 0 amide bonds. The minimum Gasteiger partial charge on any atom is -0.624 e. The third kappa shape index (κ3) is 4.05. The molecule has 0 saturated carbocycles. The van der Waals surface area contributed by atoms with Gasteiger partial charge in [0.05, 0.1) is 4.92 Å². The molecule has 6 heteroatoms. The van der Waals surface area contributed by atoms with Crippen LogP contribution >= 0.6 is 11.6 Å². The van der Waals surface area contributed by atoms with Crippen LogP contribution in [0, 0.1) is 15.3 Å². The number of hydrogen-bond donors (Lipinski definition) is 0. The predicted molar refractivity (Wildman–Crippen MR) is 86.5 cm³/mol. The Hall–Kier alpha value is -2.40. The Balaban J connectivity index is 2.11. The summed E-state index contributed by atoms with van der Waals surface area (Å²) in [5.74, 6) is 0. The molecule has 0 aromatic heterocycles. The quantitative estimate of drug-likeness (QED) is 0.277. The number of non-ortho nitro benzene ring substituents is 1. The van der Waals surface area contributed by atoms with Crippen molar-refractivity contribution in [2.45, 2.75) is 19.4 Å². The smallest absolute Gasteiger partial charge is 0.269 e. The first-order valence-electron chi connectivity index (χ1n) is 6.75. The van der Waals surface area contributed by atoms with Gasteiger partial charge >= 0.3 is 0 Å². The molecule has 0 spiro atoms. The third-order valence-corrected chi connectivity index (χ3v) is 3.66. The van der Waals surface area contributed by atoms with Crippen LogP contribution in [0.25, 0.3) is 0 Å². The second kappa shape index (κ2) is 7.04. The Labute approximate surface area is 133 Å². The van der Waals surface area contributed by atoms with E-state index in [4.69, 9.17) is 11.6 Å². The molecule has 0 bridgehead atoms. The van der Waals surface area contributed by atoms with Gasteiger partial charge in [-0.15, -0.1) is 0 Å². The van der Waals surface area contributed by atoms with Gasteiger partial charge in [0.2, 0.25) is 0 Å². The van der Waals surface area contributed by atoms with Gasteiger partial charge in [0.25, 0.3) is 5.69 Å². The van der Waals surface area contributed by atoms with E-state index in [0.29, 0.717) is 17.0 Å². The van der Waals surface area contributed by atoms with Crippen molar-refractivity contribution >= 4 is 23.5 Å². The number of halogens is 1. The van der Waals surface area contributed by atoms with Crippen molar-refractivity contribution in [1.29, 1.82) is 0 Å². The minimum atomic E-state index is -0.473. The van der Waals surface area contributed by atoms with Gasteiger partial charge in [-0.3, -0.25) is 10.1 Å². The topological polar surface area (TPSA) is 69.2 Å². The summed E-state index contributed by atoms with van der Waals surface area (Å²) in [4.78, 5) is 10.1. The zero-order chi connectivity index (χ0) is 16.1. The highest BCUT2D eigenvalue weighted by molar-refractivity contribution is 6.31. The lowest BCUT2D eigenvalue weighted by atomic mass is 10.1. The van der Waals surface area contributed by atoms with Gasteiger partial charge in [0.1, 0.15) is 0 Å². The molecular formula is C16H15ClN2O3. The lowest BCUT2D eigenvalue weighted by molar-refractivity contribution is -0.491. The van der Waals surface area contributed by atoms with Gasteiger partial charge in [0.15, 0.2) is 12.3 Å². The fourth-order valence-electron chi connectivity index (χ4n) is 2.03. The summed E-state index contributed by atoms with van der Waals surface area (Å²) in [7, 11) is 0. The van der Waals surface area contributed by atoms with Crippen LogP contribution in [0.2, 0.25) is 5.02 Å². The summed E-state index contributed by atoms with van der Waals surface area (Å²) in [6, 6.07) is 12.9. The van der Waals surface area contributed by atoms with E-state index in [-0.39, 0.29) is 11.7 Å². The summed E-state index contributed by atoms with van der Waals surface area (Å²) < 4.78 is 0.838. The first-order chi connectivity index (χ1) is 10.5. The van der Waals surface area contributed by atoms with Crippen LogP contribution < -0.4 is 0 Å². The molecule has 114 valence electrons. The minimum absolute atomic E-state index is 0.00119. The van der Waals surface area contributed by atoms with Gasteiger partial charge in [-0.1, -0.05) is 29.8 Å². The number of nitrogens with zero attached hydrogens (tertiary/aromatic N) is 2. The average Bonchev–Trinajstić information content (AvgIpc) is 2.50. The van der Waals surface area contributed by atoms with Gasteiger partial charge in [-0.25, -0.2) is 4.74 Å². The number of nitro benzene ring substituents is 1. The molecule has 0 fully saturated rings. The van der Waals surface area contributed by atoms with Crippen molar-refractivity contribution in [2.75, 3.05) is 0 Å². The molecule has 1 unspecified atom stereocenters. The van der Waals surface area contributed by atoms with E-state index >= 15 is 0 Å². The summed E-state index contributed by atoms with van der Waals surface area (Å²) in [6.45, 7) is 1.80. The molecule has 0 aliphatic heterocycles. The fraction of sp³-hybridized carbons (Fsp3) is 0.188. The number of benzene rings is 2. The molecule has 0 heterocycles. The van der Waals surface area contributed by atoms with E-state index in [1.807, 2.05) is 18.2 Å². The molecule has 2 aromatic rings. The van der Waals surface area contributed by atoms with Gasteiger partial charge in [0, 0.05) is 29.1 Å². The fourth-order valence-corrected chi connectivity index (χ4v) is 2.24. The second-order valence-corrected chi connectivity index (χ2v) is 5.39. The van der Waals surface area contributed by atoms with Crippen molar-refractivity contribution in [3.63, 3.8) is 0 Å². The average molecular weight is 319 g/mol. The lowest BCUT2D eigenvalue weighted by Crippen LogP contribution is -2.21. The SMILES string of the molecule is CC(Cc1ccccc1Cl)/[N+]([O-])=C\c1ccc([N+](=O)[O-])cc1. The Morgan fingerprint density at radius 1 is 1.14 bits per heavy atom. The van der Waals surface area contributed by atoms with E-state index in [1.165, 1.54) is 18.3 Å². The summed E-state index contributed by atoms with van der Waals surface area (Å²) in [5.41, 5.74) is 1.53. The molecule has 5 nitrogen and oxygen atoms in total. The van der Waals surface area contributed by atoms with E-state index in [1.54, 1.807) is 25.1 Å². The summed E-state index contributed by atoms with van der Waals surface area (Å²) in [5, 5.41) is 23.4. The maximum Gasteiger partial charge on any atom is 0.269 e. The monoisotopic (exact) mass is 318 g/mol. The Morgan fingerprint density at radius 2 is 1.77 bits per heavy atom. The molecule has 22 heavy (non-hydrogen) atoms. The number of nitro groups is 1. The lowest BCUT2D eigenvalue weighted by Gasteiger charge is -2.13. The zero-order valence-electron chi connectivity index (χ0n) is 12.0. The Kier molecular flexibility index (Phi) is 5.12. The van der Waals surface area contributed by atoms with Crippen molar-refractivity contribution in [3.05, 3.63) is 80.0 Å². The standard InChI is InChI=1S/C16H15ClN2O3/c1-12(10-14-4-2-3-5-16(14)17)18(20)11-13-6-8-15(9-7-13)19(21)22/h2-9,11-12H,10H2,1H3/b18-11+. The second-order valence-electron chi connectivity index (χ2n) is 4.98. The predicted octanol–water partition coefficient (Wildman–Crippen LogP) is 3.81. The summed E-state index contributed by atoms with van der Waals surface area (Å²) in [6.07, 6.45) is 1.94. The molecule has 0 aliphatic carbocycles. The molecule has 1 atom stereocenters.